The molecule has 132 valence electrons. The molecule has 0 saturated carbocycles. The topological polar surface area (TPSA) is 93.5 Å². The molecule has 0 spiro atoms. The molecule has 0 bridgehead atoms. The standard InChI is InChI=1S/C18H21N3O4/c22-17(20-16(18(23)24)15-3-1-10-25-12-15)14-6-4-13(5-7-14)11-21-9-2-8-19-21/h2,4-9,15-16H,1,3,10-12H2,(H,20,22)(H,23,24)/t15-,16-/m0/s1. The van der Waals surface area contributed by atoms with Gasteiger partial charge in [-0.1, -0.05) is 12.1 Å². The van der Waals surface area contributed by atoms with Crippen LogP contribution in [0.3, 0.4) is 0 Å². The number of aromatic nitrogens is 2. The molecule has 1 aromatic heterocycles. The second-order valence-electron chi connectivity index (χ2n) is 6.17. The number of rotatable bonds is 6. The van der Waals surface area contributed by atoms with Gasteiger partial charge in [-0.15, -0.1) is 0 Å². The lowest BCUT2D eigenvalue weighted by atomic mass is 9.93. The number of hydrogen-bond acceptors (Lipinski definition) is 4. The summed E-state index contributed by atoms with van der Waals surface area (Å²) in [6, 6.07) is 8.00. The third-order valence-electron chi connectivity index (χ3n) is 4.34. The number of carboxylic acid groups (broad SMARTS) is 1. The number of nitrogens with zero attached hydrogens (tertiary/aromatic N) is 2. The van der Waals surface area contributed by atoms with Crippen LogP contribution in [0.25, 0.3) is 0 Å². The first-order valence-corrected chi connectivity index (χ1v) is 8.31. The molecule has 1 amide bonds. The Hall–Kier alpha value is -2.67. The zero-order valence-electron chi connectivity index (χ0n) is 13.8. The summed E-state index contributed by atoms with van der Waals surface area (Å²) in [6.07, 6.45) is 5.12. The Morgan fingerprint density at radius 1 is 1.36 bits per heavy atom. The van der Waals surface area contributed by atoms with E-state index < -0.39 is 12.0 Å². The number of hydrogen-bond donors (Lipinski definition) is 2. The third-order valence-corrected chi connectivity index (χ3v) is 4.34. The number of nitrogens with one attached hydrogen (secondary N) is 1. The molecule has 2 N–H and O–H groups in total. The maximum Gasteiger partial charge on any atom is 0.326 e. The van der Waals surface area contributed by atoms with Crippen LogP contribution in [0.4, 0.5) is 0 Å². The fraction of sp³-hybridized carbons (Fsp3) is 0.389. The molecule has 2 atom stereocenters. The molecule has 25 heavy (non-hydrogen) atoms. The van der Waals surface area contributed by atoms with E-state index in [1.807, 2.05) is 24.4 Å². The van der Waals surface area contributed by atoms with E-state index in [0.717, 1.165) is 18.4 Å². The van der Waals surface area contributed by atoms with E-state index in [1.165, 1.54) is 0 Å². The summed E-state index contributed by atoms with van der Waals surface area (Å²) in [5, 5.41) is 16.2. The first kappa shape index (κ1) is 17.2. The summed E-state index contributed by atoms with van der Waals surface area (Å²) >= 11 is 0. The van der Waals surface area contributed by atoms with Crippen molar-refractivity contribution < 1.29 is 19.4 Å². The molecule has 1 fully saturated rings. The van der Waals surface area contributed by atoms with Gasteiger partial charge in [-0.05, 0) is 36.6 Å². The SMILES string of the molecule is O=C(N[C@H](C(=O)O)[C@H]1CCCOC1)c1ccc(Cn2cccn2)cc1. The molecule has 1 saturated heterocycles. The fourth-order valence-corrected chi connectivity index (χ4v) is 2.98. The molecule has 1 aliphatic heterocycles. The van der Waals surface area contributed by atoms with Gasteiger partial charge in [0, 0.05) is 30.5 Å². The van der Waals surface area contributed by atoms with E-state index in [1.54, 1.807) is 23.0 Å². The van der Waals surface area contributed by atoms with E-state index in [-0.39, 0.29) is 11.8 Å². The molecule has 0 aliphatic carbocycles. The highest BCUT2D eigenvalue weighted by atomic mass is 16.5. The Kier molecular flexibility index (Phi) is 5.45. The predicted molar refractivity (Wildman–Crippen MR) is 90.2 cm³/mol. The minimum atomic E-state index is -1.03. The molecule has 2 aromatic rings. The normalized spacial score (nSPS) is 18.5. The van der Waals surface area contributed by atoms with Crippen molar-refractivity contribution in [3.05, 3.63) is 53.9 Å². The van der Waals surface area contributed by atoms with Gasteiger partial charge in [0.15, 0.2) is 0 Å². The van der Waals surface area contributed by atoms with Crippen LogP contribution in [0.5, 0.6) is 0 Å². The van der Waals surface area contributed by atoms with Crippen molar-refractivity contribution in [3.63, 3.8) is 0 Å². The van der Waals surface area contributed by atoms with E-state index in [0.29, 0.717) is 25.3 Å². The Morgan fingerprint density at radius 2 is 2.16 bits per heavy atom. The number of benzene rings is 1. The zero-order chi connectivity index (χ0) is 17.6. The van der Waals surface area contributed by atoms with Gasteiger partial charge in [-0.2, -0.15) is 5.10 Å². The second-order valence-corrected chi connectivity index (χ2v) is 6.17. The quantitative estimate of drug-likeness (QED) is 0.830. The highest BCUT2D eigenvalue weighted by molar-refractivity contribution is 5.96. The van der Waals surface area contributed by atoms with Crippen LogP contribution in [0.2, 0.25) is 0 Å². The summed E-state index contributed by atoms with van der Waals surface area (Å²) < 4.78 is 7.13. The van der Waals surface area contributed by atoms with Gasteiger partial charge in [-0.25, -0.2) is 4.79 Å². The molecule has 1 aliphatic rings. The first-order valence-electron chi connectivity index (χ1n) is 8.31. The minimum absolute atomic E-state index is 0.200. The fourth-order valence-electron chi connectivity index (χ4n) is 2.98. The molecular formula is C18H21N3O4. The van der Waals surface area contributed by atoms with Crippen molar-refractivity contribution in [1.29, 1.82) is 0 Å². The Balaban J connectivity index is 1.63. The zero-order valence-corrected chi connectivity index (χ0v) is 13.8. The second kappa shape index (κ2) is 7.94. The molecule has 7 heteroatoms. The van der Waals surface area contributed by atoms with Gasteiger partial charge >= 0.3 is 5.97 Å². The lowest BCUT2D eigenvalue weighted by molar-refractivity contribution is -0.142. The Morgan fingerprint density at radius 3 is 2.76 bits per heavy atom. The molecule has 2 heterocycles. The number of carboxylic acids is 1. The maximum absolute atomic E-state index is 12.4. The van der Waals surface area contributed by atoms with Crippen LogP contribution < -0.4 is 5.32 Å². The van der Waals surface area contributed by atoms with Crippen molar-refractivity contribution in [2.45, 2.75) is 25.4 Å². The van der Waals surface area contributed by atoms with Crippen LogP contribution in [-0.4, -0.2) is 46.0 Å². The van der Waals surface area contributed by atoms with E-state index >= 15 is 0 Å². The van der Waals surface area contributed by atoms with Crippen molar-refractivity contribution in [1.82, 2.24) is 15.1 Å². The summed E-state index contributed by atoms with van der Waals surface area (Å²) in [5.74, 6) is -1.61. The largest absolute Gasteiger partial charge is 0.480 e. The summed E-state index contributed by atoms with van der Waals surface area (Å²) in [4.78, 5) is 23.9. The monoisotopic (exact) mass is 343 g/mol. The molecular weight excluding hydrogens is 322 g/mol. The van der Waals surface area contributed by atoms with E-state index in [2.05, 4.69) is 10.4 Å². The summed E-state index contributed by atoms with van der Waals surface area (Å²) in [5.41, 5.74) is 1.45. The lowest BCUT2D eigenvalue weighted by Gasteiger charge is -2.28. The number of amides is 1. The molecule has 1 aromatic carbocycles. The highest BCUT2D eigenvalue weighted by Gasteiger charge is 2.31. The number of carbonyl (C=O) groups excluding carboxylic acids is 1. The Bertz CT molecular complexity index is 706. The van der Waals surface area contributed by atoms with Gasteiger partial charge in [-0.3, -0.25) is 9.48 Å². The van der Waals surface area contributed by atoms with Crippen molar-refractivity contribution in [2.75, 3.05) is 13.2 Å². The summed E-state index contributed by atoms with van der Waals surface area (Å²) in [7, 11) is 0. The van der Waals surface area contributed by atoms with Crippen LogP contribution in [0.15, 0.2) is 42.7 Å². The molecule has 7 nitrogen and oxygen atoms in total. The Labute approximate surface area is 145 Å². The van der Waals surface area contributed by atoms with Gasteiger partial charge < -0.3 is 15.2 Å². The number of aliphatic carboxylic acids is 1. The first-order chi connectivity index (χ1) is 12.1. The smallest absolute Gasteiger partial charge is 0.326 e. The van der Waals surface area contributed by atoms with Crippen LogP contribution >= 0.6 is 0 Å². The van der Waals surface area contributed by atoms with Crippen LogP contribution in [0.1, 0.15) is 28.8 Å². The number of ether oxygens (including phenoxy) is 1. The van der Waals surface area contributed by atoms with Gasteiger partial charge in [0.2, 0.25) is 0 Å². The van der Waals surface area contributed by atoms with Crippen LogP contribution in [-0.2, 0) is 16.1 Å². The van der Waals surface area contributed by atoms with Crippen molar-refractivity contribution in [3.8, 4) is 0 Å². The van der Waals surface area contributed by atoms with E-state index in [9.17, 15) is 14.7 Å². The predicted octanol–water partition coefficient (Wildman–Crippen LogP) is 1.54. The number of carbonyl (C=O) groups is 2. The third kappa shape index (κ3) is 4.45. The molecule has 3 rings (SSSR count). The van der Waals surface area contributed by atoms with Gasteiger partial charge in [0.1, 0.15) is 6.04 Å². The van der Waals surface area contributed by atoms with Gasteiger partial charge in [0.05, 0.1) is 13.2 Å². The average molecular weight is 343 g/mol. The van der Waals surface area contributed by atoms with Gasteiger partial charge in [0.25, 0.3) is 5.91 Å². The lowest BCUT2D eigenvalue weighted by Crippen LogP contribution is -2.48. The van der Waals surface area contributed by atoms with Crippen molar-refractivity contribution in [2.24, 2.45) is 5.92 Å². The maximum atomic E-state index is 12.4. The van der Waals surface area contributed by atoms with E-state index in [4.69, 9.17) is 4.74 Å². The van der Waals surface area contributed by atoms with Crippen molar-refractivity contribution >= 4 is 11.9 Å². The molecule has 0 radical (unpaired) electrons. The highest BCUT2D eigenvalue weighted by Crippen LogP contribution is 2.18. The average Bonchev–Trinajstić information content (AvgIpc) is 3.13. The molecule has 0 unspecified atom stereocenters. The van der Waals surface area contributed by atoms with Crippen LogP contribution in [0, 0.1) is 5.92 Å². The minimum Gasteiger partial charge on any atom is -0.480 e. The summed E-state index contributed by atoms with van der Waals surface area (Å²) in [6.45, 7) is 1.63.